The molecule has 1 atom stereocenters. The van der Waals surface area contributed by atoms with Crippen LogP contribution < -0.4 is 5.43 Å². The van der Waals surface area contributed by atoms with Crippen LogP contribution in [0.1, 0.15) is 32.3 Å². The SMILES string of the molecule is CCCCN1NC(C)C(C(=O)OC)=C1Cc1ccc(Br)cc1. The highest BCUT2D eigenvalue weighted by molar-refractivity contribution is 9.10. The second-order valence-electron chi connectivity index (χ2n) is 5.51. The number of nitrogens with zero attached hydrogens (tertiary/aromatic N) is 1. The number of benzene rings is 1. The fraction of sp³-hybridized carbons (Fsp3) is 0.471. The van der Waals surface area contributed by atoms with Crippen LogP contribution in [0.2, 0.25) is 0 Å². The number of allylic oxidation sites excluding steroid dienone is 1. The minimum absolute atomic E-state index is 0.0187. The number of nitrogens with one attached hydrogen (secondary N) is 1. The molecule has 4 nitrogen and oxygen atoms in total. The first-order chi connectivity index (χ1) is 10.6. The molecule has 0 spiro atoms. The van der Waals surface area contributed by atoms with Gasteiger partial charge in [-0.2, -0.15) is 0 Å². The van der Waals surface area contributed by atoms with Crippen molar-refractivity contribution in [3.8, 4) is 0 Å². The number of unbranched alkanes of at least 4 members (excludes halogenated alkanes) is 1. The predicted octanol–water partition coefficient (Wildman–Crippen LogP) is 3.43. The van der Waals surface area contributed by atoms with Crippen LogP contribution in [0, 0.1) is 0 Å². The highest BCUT2D eigenvalue weighted by Gasteiger charge is 2.32. The monoisotopic (exact) mass is 366 g/mol. The van der Waals surface area contributed by atoms with Crippen LogP contribution >= 0.6 is 15.9 Å². The lowest BCUT2D eigenvalue weighted by molar-refractivity contribution is -0.136. The van der Waals surface area contributed by atoms with Gasteiger partial charge in [0, 0.05) is 23.1 Å². The van der Waals surface area contributed by atoms with E-state index in [0.717, 1.165) is 41.6 Å². The largest absolute Gasteiger partial charge is 0.466 e. The van der Waals surface area contributed by atoms with Crippen molar-refractivity contribution < 1.29 is 9.53 Å². The molecule has 22 heavy (non-hydrogen) atoms. The Morgan fingerprint density at radius 2 is 2.05 bits per heavy atom. The molecule has 1 N–H and O–H groups in total. The molecule has 1 aliphatic rings. The van der Waals surface area contributed by atoms with E-state index in [9.17, 15) is 4.79 Å². The van der Waals surface area contributed by atoms with Gasteiger partial charge in [0.25, 0.3) is 0 Å². The van der Waals surface area contributed by atoms with Gasteiger partial charge in [-0.05, 0) is 31.0 Å². The van der Waals surface area contributed by atoms with E-state index < -0.39 is 0 Å². The Labute approximate surface area is 140 Å². The fourth-order valence-corrected chi connectivity index (χ4v) is 2.94. The molecule has 0 aromatic heterocycles. The third-order valence-corrected chi connectivity index (χ3v) is 4.37. The van der Waals surface area contributed by atoms with Crippen molar-refractivity contribution in [3.05, 3.63) is 45.6 Å². The number of methoxy groups -OCH3 is 1. The Bertz CT molecular complexity index is 554. The first-order valence-corrected chi connectivity index (χ1v) is 8.45. The Kier molecular flexibility index (Phi) is 6.03. The summed E-state index contributed by atoms with van der Waals surface area (Å²) in [6.07, 6.45) is 2.92. The van der Waals surface area contributed by atoms with Crippen molar-refractivity contribution >= 4 is 21.9 Å². The molecule has 0 amide bonds. The number of carbonyl (C=O) groups is 1. The first kappa shape index (κ1) is 17.0. The summed E-state index contributed by atoms with van der Waals surface area (Å²) >= 11 is 3.45. The van der Waals surface area contributed by atoms with Crippen molar-refractivity contribution in [3.63, 3.8) is 0 Å². The van der Waals surface area contributed by atoms with Gasteiger partial charge in [0.1, 0.15) is 0 Å². The van der Waals surface area contributed by atoms with E-state index in [1.54, 1.807) is 0 Å². The average Bonchev–Trinajstić information content (AvgIpc) is 2.82. The molecule has 0 bridgehead atoms. The summed E-state index contributed by atoms with van der Waals surface area (Å²) in [6, 6.07) is 8.18. The molecule has 0 radical (unpaired) electrons. The smallest absolute Gasteiger partial charge is 0.337 e. The van der Waals surface area contributed by atoms with Gasteiger partial charge in [0.2, 0.25) is 0 Å². The number of hydrogen-bond acceptors (Lipinski definition) is 4. The molecule has 5 heteroatoms. The van der Waals surface area contributed by atoms with Gasteiger partial charge in [0.15, 0.2) is 0 Å². The van der Waals surface area contributed by atoms with Gasteiger partial charge in [-0.15, -0.1) is 0 Å². The summed E-state index contributed by atoms with van der Waals surface area (Å²) in [5.41, 5.74) is 6.32. The van der Waals surface area contributed by atoms with Crippen LogP contribution in [-0.2, 0) is 16.0 Å². The van der Waals surface area contributed by atoms with Crippen LogP contribution in [0.15, 0.2) is 40.0 Å². The van der Waals surface area contributed by atoms with Crippen LogP contribution in [-0.4, -0.2) is 30.7 Å². The molecular formula is C17H23BrN2O2. The predicted molar refractivity (Wildman–Crippen MR) is 91.1 cm³/mol. The molecular weight excluding hydrogens is 344 g/mol. The zero-order valence-corrected chi connectivity index (χ0v) is 14.9. The molecule has 1 unspecified atom stereocenters. The van der Waals surface area contributed by atoms with Crippen LogP contribution in [0.3, 0.4) is 0 Å². The minimum atomic E-state index is -0.244. The zero-order valence-electron chi connectivity index (χ0n) is 13.4. The normalized spacial score (nSPS) is 18.0. The highest BCUT2D eigenvalue weighted by atomic mass is 79.9. The number of rotatable bonds is 6. The summed E-state index contributed by atoms with van der Waals surface area (Å²) in [5, 5.41) is 2.11. The standard InChI is InChI=1S/C17H23BrN2O2/c1-4-5-10-20-15(11-13-6-8-14(18)9-7-13)16(12(2)19-20)17(21)22-3/h6-9,12,19H,4-5,10-11H2,1-3H3. The van der Waals surface area contributed by atoms with Gasteiger partial charge in [0.05, 0.1) is 18.7 Å². The van der Waals surface area contributed by atoms with E-state index in [1.165, 1.54) is 12.7 Å². The van der Waals surface area contributed by atoms with Gasteiger partial charge < -0.3 is 9.75 Å². The van der Waals surface area contributed by atoms with Crippen molar-refractivity contribution in [2.75, 3.05) is 13.7 Å². The maximum absolute atomic E-state index is 12.1. The fourth-order valence-electron chi connectivity index (χ4n) is 2.68. The Morgan fingerprint density at radius 1 is 1.36 bits per heavy atom. The van der Waals surface area contributed by atoms with E-state index in [2.05, 4.69) is 45.4 Å². The highest BCUT2D eigenvalue weighted by Crippen LogP contribution is 2.26. The molecule has 120 valence electrons. The van der Waals surface area contributed by atoms with Crippen molar-refractivity contribution in [2.24, 2.45) is 0 Å². The number of halogens is 1. The van der Waals surface area contributed by atoms with Crippen LogP contribution in [0.5, 0.6) is 0 Å². The number of carbonyl (C=O) groups excluding carboxylic acids is 1. The van der Waals surface area contributed by atoms with E-state index in [0.29, 0.717) is 0 Å². The van der Waals surface area contributed by atoms with Crippen LogP contribution in [0.25, 0.3) is 0 Å². The van der Waals surface area contributed by atoms with Gasteiger partial charge in [-0.1, -0.05) is 41.4 Å². The molecule has 0 saturated carbocycles. The summed E-state index contributed by atoms with van der Waals surface area (Å²) in [6.45, 7) is 5.06. The van der Waals surface area contributed by atoms with E-state index in [4.69, 9.17) is 4.74 Å². The third kappa shape index (κ3) is 3.90. The third-order valence-electron chi connectivity index (χ3n) is 3.84. The molecule has 1 heterocycles. The van der Waals surface area contributed by atoms with Gasteiger partial charge >= 0.3 is 5.97 Å². The average molecular weight is 367 g/mol. The van der Waals surface area contributed by atoms with E-state index in [1.807, 2.05) is 19.1 Å². The molecule has 1 aromatic carbocycles. The van der Waals surface area contributed by atoms with Gasteiger partial charge in [-0.3, -0.25) is 0 Å². The number of ether oxygens (including phenoxy) is 1. The molecule has 2 rings (SSSR count). The summed E-state index contributed by atoms with van der Waals surface area (Å²) in [7, 11) is 1.44. The lowest BCUT2D eigenvalue weighted by Gasteiger charge is -2.23. The Hall–Kier alpha value is -1.33. The molecule has 0 aliphatic carbocycles. The van der Waals surface area contributed by atoms with Crippen molar-refractivity contribution in [1.82, 2.24) is 10.4 Å². The quantitative estimate of drug-likeness (QED) is 0.783. The number of hydrogen-bond donors (Lipinski definition) is 1. The molecule has 0 saturated heterocycles. The maximum Gasteiger partial charge on any atom is 0.337 e. The van der Waals surface area contributed by atoms with E-state index >= 15 is 0 Å². The Balaban J connectivity index is 2.29. The van der Waals surface area contributed by atoms with Crippen LogP contribution in [0.4, 0.5) is 0 Å². The summed E-state index contributed by atoms with van der Waals surface area (Å²) < 4.78 is 6.03. The minimum Gasteiger partial charge on any atom is -0.466 e. The summed E-state index contributed by atoms with van der Waals surface area (Å²) in [5.74, 6) is -0.244. The second kappa shape index (κ2) is 7.79. The topological polar surface area (TPSA) is 41.6 Å². The van der Waals surface area contributed by atoms with Crippen molar-refractivity contribution in [1.29, 1.82) is 0 Å². The number of esters is 1. The first-order valence-electron chi connectivity index (χ1n) is 7.66. The van der Waals surface area contributed by atoms with Gasteiger partial charge in [-0.25, -0.2) is 10.2 Å². The number of hydrazine groups is 1. The maximum atomic E-state index is 12.1. The molecule has 1 aliphatic heterocycles. The van der Waals surface area contributed by atoms with E-state index in [-0.39, 0.29) is 12.0 Å². The summed E-state index contributed by atoms with van der Waals surface area (Å²) in [4.78, 5) is 12.1. The molecule has 1 aromatic rings. The lowest BCUT2D eigenvalue weighted by atomic mass is 10.0. The lowest BCUT2D eigenvalue weighted by Crippen LogP contribution is -2.37. The Morgan fingerprint density at radius 3 is 2.64 bits per heavy atom. The molecule has 0 fully saturated rings. The second-order valence-corrected chi connectivity index (χ2v) is 6.43. The zero-order chi connectivity index (χ0) is 16.1. The van der Waals surface area contributed by atoms with Crippen molar-refractivity contribution in [2.45, 2.75) is 39.2 Å².